The van der Waals surface area contributed by atoms with Crippen LogP contribution in [0.25, 0.3) is 10.8 Å². The van der Waals surface area contributed by atoms with Gasteiger partial charge in [0.15, 0.2) is 0 Å². The Bertz CT molecular complexity index is 1320. The van der Waals surface area contributed by atoms with Crippen molar-refractivity contribution in [3.05, 3.63) is 66.0 Å². The molecular weight excluding hydrogens is 564 g/mol. The number of benzene rings is 2. The topological polar surface area (TPSA) is 114 Å². The lowest BCUT2D eigenvalue weighted by molar-refractivity contribution is 0.00154. The van der Waals surface area contributed by atoms with E-state index in [9.17, 15) is 12.6 Å². The lowest BCUT2D eigenvalue weighted by Gasteiger charge is -2.22. The van der Waals surface area contributed by atoms with Crippen LogP contribution in [-0.4, -0.2) is 72.9 Å². The molecule has 3 atom stereocenters. The smallest absolute Gasteiger partial charge is 0.316 e. The quantitative estimate of drug-likeness (QED) is 0.129. The van der Waals surface area contributed by atoms with Crippen molar-refractivity contribution in [2.75, 3.05) is 44.2 Å². The molecular formula is C30H42N2O7S2. The molecule has 0 radical (unpaired) electrons. The Kier molecular flexibility index (Phi) is 14.1. The van der Waals surface area contributed by atoms with Crippen molar-refractivity contribution in [2.45, 2.75) is 58.2 Å². The van der Waals surface area contributed by atoms with Gasteiger partial charge in [0.1, 0.15) is 6.10 Å². The van der Waals surface area contributed by atoms with Crippen molar-refractivity contribution in [1.82, 2.24) is 9.97 Å². The first-order chi connectivity index (χ1) is 19.8. The Labute approximate surface area is 246 Å². The summed E-state index contributed by atoms with van der Waals surface area (Å²) in [6.07, 6.45) is 9.00. The molecule has 0 saturated heterocycles. The van der Waals surface area contributed by atoms with Gasteiger partial charge in [0, 0.05) is 28.9 Å². The third kappa shape index (κ3) is 12.5. The third-order valence-corrected chi connectivity index (χ3v) is 8.35. The van der Waals surface area contributed by atoms with E-state index in [2.05, 4.69) is 64.4 Å². The minimum absolute atomic E-state index is 0.0797. The molecule has 0 spiro atoms. The molecule has 9 nitrogen and oxygen atoms in total. The van der Waals surface area contributed by atoms with E-state index in [0.29, 0.717) is 0 Å². The third-order valence-electron chi connectivity index (χ3n) is 6.39. The highest BCUT2D eigenvalue weighted by Gasteiger charge is 2.20. The number of rotatable bonds is 20. The Morgan fingerprint density at radius 1 is 0.951 bits per heavy atom. The molecule has 1 heterocycles. The first kappa shape index (κ1) is 33.1. The Balaban J connectivity index is 1.58. The van der Waals surface area contributed by atoms with E-state index >= 15 is 0 Å². The molecule has 226 valence electrons. The van der Waals surface area contributed by atoms with Gasteiger partial charge in [-0.3, -0.25) is 8.39 Å². The van der Waals surface area contributed by atoms with Crippen LogP contribution < -0.4 is 4.74 Å². The van der Waals surface area contributed by atoms with Crippen molar-refractivity contribution in [3.8, 4) is 6.01 Å². The maximum Gasteiger partial charge on any atom is 0.316 e. The highest BCUT2D eigenvalue weighted by molar-refractivity contribution is 7.86. The summed E-state index contributed by atoms with van der Waals surface area (Å²) in [5, 5.41) is 2.40. The fourth-order valence-electron chi connectivity index (χ4n) is 4.32. The number of hydrogen-bond acceptors (Lipinski definition) is 9. The van der Waals surface area contributed by atoms with E-state index < -0.39 is 27.0 Å². The molecule has 2 aromatic carbocycles. The largest absolute Gasteiger partial charge is 0.457 e. The van der Waals surface area contributed by atoms with Crippen molar-refractivity contribution in [1.29, 1.82) is 0 Å². The summed E-state index contributed by atoms with van der Waals surface area (Å²) in [4.78, 5) is 8.27. The summed E-state index contributed by atoms with van der Waals surface area (Å²) in [5.41, 5.74) is 2.45. The Morgan fingerprint density at radius 2 is 1.71 bits per heavy atom. The van der Waals surface area contributed by atoms with E-state index in [1.807, 2.05) is 0 Å². The number of aromatic nitrogens is 2. The molecule has 3 unspecified atom stereocenters. The van der Waals surface area contributed by atoms with Gasteiger partial charge in [0.25, 0.3) is 10.1 Å². The van der Waals surface area contributed by atoms with Gasteiger partial charge >= 0.3 is 6.01 Å². The summed E-state index contributed by atoms with van der Waals surface area (Å²) in [6.45, 7) is 4.71. The molecule has 41 heavy (non-hydrogen) atoms. The number of aryl methyl sites for hydroxylation is 1. The van der Waals surface area contributed by atoms with Gasteiger partial charge in [-0.1, -0.05) is 57.0 Å². The minimum atomic E-state index is -3.51. The van der Waals surface area contributed by atoms with Crippen LogP contribution >= 0.6 is 0 Å². The highest BCUT2D eigenvalue weighted by atomic mass is 32.2. The highest BCUT2D eigenvalue weighted by Crippen LogP contribution is 2.27. The van der Waals surface area contributed by atoms with Gasteiger partial charge in [-0.2, -0.15) is 8.42 Å². The summed E-state index contributed by atoms with van der Waals surface area (Å²) in [5.74, 6) is 0.465. The number of nitrogens with zero attached hydrogens (tertiary/aromatic N) is 2. The van der Waals surface area contributed by atoms with Crippen LogP contribution in [0.5, 0.6) is 6.01 Å². The van der Waals surface area contributed by atoms with Crippen LogP contribution in [0, 0.1) is 0 Å². The molecule has 3 rings (SSSR count). The van der Waals surface area contributed by atoms with E-state index in [0.717, 1.165) is 24.7 Å². The van der Waals surface area contributed by atoms with Gasteiger partial charge in [0.05, 0.1) is 44.5 Å². The lowest BCUT2D eigenvalue weighted by atomic mass is 9.99. The molecule has 0 N–H and O–H groups in total. The Morgan fingerprint density at radius 3 is 2.44 bits per heavy atom. The summed E-state index contributed by atoms with van der Waals surface area (Å²) >= 11 is 0. The summed E-state index contributed by atoms with van der Waals surface area (Å²) in [7, 11) is -4.78. The van der Waals surface area contributed by atoms with Crippen molar-refractivity contribution >= 4 is 31.7 Å². The fraction of sp³-hybridized carbons (Fsp3) is 0.533. The molecule has 0 bridgehead atoms. The van der Waals surface area contributed by atoms with Crippen LogP contribution in [0.15, 0.2) is 54.9 Å². The number of unbranched alkanes of at least 4 members (excludes halogenated alkanes) is 2. The summed E-state index contributed by atoms with van der Waals surface area (Å²) < 4.78 is 57.1. The molecule has 0 amide bonds. The van der Waals surface area contributed by atoms with Crippen molar-refractivity contribution in [3.63, 3.8) is 0 Å². The average molecular weight is 607 g/mol. The van der Waals surface area contributed by atoms with Gasteiger partial charge in [0.2, 0.25) is 0 Å². The van der Waals surface area contributed by atoms with Gasteiger partial charge in [-0.15, -0.1) is 0 Å². The van der Waals surface area contributed by atoms with Crippen molar-refractivity contribution in [2.24, 2.45) is 0 Å². The molecule has 0 aliphatic heterocycles. The molecule has 0 aliphatic rings. The molecule has 0 fully saturated rings. The first-order valence-corrected chi connectivity index (χ1v) is 17.4. The van der Waals surface area contributed by atoms with Crippen LogP contribution in [0.4, 0.5) is 0 Å². The number of hydrogen-bond donors (Lipinski definition) is 0. The second-order valence-electron chi connectivity index (χ2n) is 9.85. The second-order valence-corrected chi connectivity index (χ2v) is 13.1. The lowest BCUT2D eigenvalue weighted by Crippen LogP contribution is -2.32. The Hall–Kier alpha value is -2.44. The first-order valence-electron chi connectivity index (χ1n) is 14.1. The van der Waals surface area contributed by atoms with Crippen LogP contribution in [0.1, 0.15) is 56.8 Å². The standard InChI is InChI=1S/C30H42N2O7S2/c1-4-6-7-9-24-10-11-26-21-27(13-12-25(26)20-24)29(5-2)37-22-28(39-30-31-14-8-15-32-30)23-40(33)19-18-36-16-17-38-41(3,34)35/h8,10-15,20-21,28-29H,4-7,9,16-19,22-23H2,1-3H3. The maximum atomic E-state index is 12.8. The van der Waals surface area contributed by atoms with Crippen LogP contribution in [0.3, 0.4) is 0 Å². The minimum Gasteiger partial charge on any atom is -0.457 e. The monoisotopic (exact) mass is 606 g/mol. The van der Waals surface area contributed by atoms with E-state index in [4.69, 9.17) is 14.2 Å². The number of ether oxygens (including phenoxy) is 3. The zero-order valence-corrected chi connectivity index (χ0v) is 25.8. The number of fused-ring (bicyclic) bond motifs is 1. The van der Waals surface area contributed by atoms with Crippen LogP contribution in [0.2, 0.25) is 0 Å². The van der Waals surface area contributed by atoms with Crippen molar-refractivity contribution < 1.29 is 31.0 Å². The molecule has 11 heteroatoms. The summed E-state index contributed by atoms with van der Waals surface area (Å²) in [6, 6.07) is 15.0. The fourth-order valence-corrected chi connectivity index (χ4v) is 5.74. The van der Waals surface area contributed by atoms with Gasteiger partial charge in [-0.25, -0.2) is 9.97 Å². The zero-order chi connectivity index (χ0) is 29.5. The van der Waals surface area contributed by atoms with E-state index in [1.54, 1.807) is 18.5 Å². The molecule has 3 aromatic rings. The maximum absolute atomic E-state index is 12.8. The predicted molar refractivity (Wildman–Crippen MR) is 162 cm³/mol. The van der Waals surface area contributed by atoms with Gasteiger partial charge < -0.3 is 14.2 Å². The SMILES string of the molecule is CCCCCc1ccc2cc(C(CC)OCC(CS(=O)CCOCCOS(C)(=O)=O)Oc3ncccn3)ccc2c1. The predicted octanol–water partition coefficient (Wildman–Crippen LogP) is 5.02. The van der Waals surface area contributed by atoms with E-state index in [-0.39, 0.29) is 50.0 Å². The molecule has 0 aliphatic carbocycles. The van der Waals surface area contributed by atoms with Gasteiger partial charge in [-0.05, 0) is 53.3 Å². The molecule has 1 aromatic heterocycles. The van der Waals surface area contributed by atoms with Crippen LogP contribution in [-0.2, 0) is 41.0 Å². The van der Waals surface area contributed by atoms with E-state index in [1.165, 1.54) is 35.6 Å². The second kappa shape index (κ2) is 17.5. The zero-order valence-electron chi connectivity index (χ0n) is 24.2. The molecule has 0 saturated carbocycles. The average Bonchev–Trinajstić information content (AvgIpc) is 2.95. The normalized spacial score (nSPS) is 14.1.